The van der Waals surface area contributed by atoms with Gasteiger partial charge >= 0.3 is 6.03 Å². The highest BCUT2D eigenvalue weighted by Crippen LogP contribution is 2.35. The van der Waals surface area contributed by atoms with Gasteiger partial charge in [0.15, 0.2) is 11.5 Å². The van der Waals surface area contributed by atoms with Crippen molar-refractivity contribution in [2.75, 3.05) is 32.6 Å². The number of benzene rings is 1. The third kappa shape index (κ3) is 3.07. The number of para-hydroxylation sites is 1. The first kappa shape index (κ1) is 18.1. The van der Waals surface area contributed by atoms with Crippen LogP contribution in [0.5, 0.6) is 11.5 Å². The molecule has 1 aromatic carbocycles. The molecule has 0 unspecified atom stereocenters. The summed E-state index contributed by atoms with van der Waals surface area (Å²) in [5, 5.41) is 2.07. The first-order chi connectivity index (χ1) is 12.4. The van der Waals surface area contributed by atoms with Gasteiger partial charge in [-0.2, -0.15) is 0 Å². The molecule has 0 saturated carbocycles. The van der Waals surface area contributed by atoms with Crippen LogP contribution < -0.4 is 14.8 Å². The lowest BCUT2D eigenvalue weighted by Gasteiger charge is -2.38. The second-order valence-corrected chi connectivity index (χ2v) is 7.99. The Morgan fingerprint density at radius 2 is 2.00 bits per heavy atom. The van der Waals surface area contributed by atoms with E-state index >= 15 is 0 Å². The predicted molar refractivity (Wildman–Crippen MR) is 94.3 cm³/mol. The van der Waals surface area contributed by atoms with Crippen LogP contribution in [0.25, 0.3) is 0 Å². The number of imidazole rings is 1. The molecular formula is C16H20N4O5S. The number of likely N-dealkylation sites (tertiary alicyclic amines) is 1. The van der Waals surface area contributed by atoms with Crippen molar-refractivity contribution in [3.8, 4) is 11.5 Å². The molecule has 0 radical (unpaired) electrons. The molecule has 3 rings (SSSR count). The molecule has 1 saturated heterocycles. The number of carbonyl (C=O) groups is 1. The minimum absolute atomic E-state index is 0.0111. The van der Waals surface area contributed by atoms with E-state index in [-0.39, 0.29) is 18.2 Å². The summed E-state index contributed by atoms with van der Waals surface area (Å²) in [6, 6.07) is 4.72. The molecule has 2 amide bonds. The number of aryl methyl sites for hydroxylation is 1. The Bertz CT molecular complexity index is 918. The highest BCUT2D eigenvalue weighted by molar-refractivity contribution is 7.92. The van der Waals surface area contributed by atoms with Crippen LogP contribution in [-0.2, 0) is 16.9 Å². The normalized spacial score (nSPS) is 14.7. The zero-order chi connectivity index (χ0) is 18.9. The number of aromatic nitrogens is 2. The molecule has 1 aliphatic rings. The van der Waals surface area contributed by atoms with Gasteiger partial charge in [-0.25, -0.2) is 18.2 Å². The van der Waals surface area contributed by atoms with Crippen LogP contribution in [0.2, 0.25) is 0 Å². The monoisotopic (exact) mass is 380 g/mol. The second-order valence-electron chi connectivity index (χ2n) is 5.86. The molecule has 26 heavy (non-hydrogen) atoms. The van der Waals surface area contributed by atoms with E-state index in [0.29, 0.717) is 17.2 Å². The Balaban J connectivity index is 1.67. The summed E-state index contributed by atoms with van der Waals surface area (Å²) in [4.78, 5) is 17.7. The molecule has 1 N–H and O–H groups in total. The highest BCUT2D eigenvalue weighted by Gasteiger charge is 2.42. The highest BCUT2D eigenvalue weighted by atomic mass is 32.2. The summed E-state index contributed by atoms with van der Waals surface area (Å²) in [7, 11) is 1.04. The average molecular weight is 380 g/mol. The lowest BCUT2D eigenvalue weighted by molar-refractivity contribution is 0.182. The third-order valence-corrected chi connectivity index (χ3v) is 6.33. The molecule has 0 aliphatic carbocycles. The summed E-state index contributed by atoms with van der Waals surface area (Å²) in [6.07, 6.45) is 3.01. The van der Waals surface area contributed by atoms with Gasteiger partial charge in [-0.05, 0) is 12.1 Å². The standard InChI is InChI=1S/C16H20N4O5S/c1-19-8-7-17-16(19)26(22,23)11-9-20(10-11)15(21)18-12-5-4-6-13(24-2)14(12)25-3/h4-8,11H,9-10H2,1-3H3,(H,18,21). The van der Waals surface area contributed by atoms with Gasteiger partial charge in [-0.15, -0.1) is 0 Å². The SMILES string of the molecule is COc1cccc(NC(=O)N2CC(S(=O)(=O)c3nccn3C)C2)c1OC. The molecule has 0 spiro atoms. The fourth-order valence-electron chi connectivity index (χ4n) is 2.76. The van der Waals surface area contributed by atoms with Crippen LogP contribution in [0.4, 0.5) is 10.5 Å². The van der Waals surface area contributed by atoms with Crippen LogP contribution in [0.3, 0.4) is 0 Å². The largest absolute Gasteiger partial charge is 0.493 e. The van der Waals surface area contributed by atoms with Crippen LogP contribution in [0, 0.1) is 0 Å². The minimum Gasteiger partial charge on any atom is -0.493 e. The molecule has 0 atom stereocenters. The van der Waals surface area contributed by atoms with Crippen LogP contribution in [-0.4, -0.2) is 61.5 Å². The van der Waals surface area contributed by atoms with Crippen molar-refractivity contribution in [3.05, 3.63) is 30.6 Å². The number of sulfone groups is 1. The number of anilines is 1. The first-order valence-corrected chi connectivity index (χ1v) is 9.41. The van der Waals surface area contributed by atoms with Crippen molar-refractivity contribution >= 4 is 21.6 Å². The summed E-state index contributed by atoms with van der Waals surface area (Å²) in [6.45, 7) is 0.209. The van der Waals surface area contributed by atoms with Gasteiger partial charge in [0.1, 0.15) is 5.25 Å². The molecule has 1 aromatic heterocycles. The van der Waals surface area contributed by atoms with Crippen LogP contribution >= 0.6 is 0 Å². The summed E-state index contributed by atoms with van der Waals surface area (Å²) in [5.74, 6) is 0.894. The van der Waals surface area contributed by atoms with Crippen molar-refractivity contribution < 1.29 is 22.7 Å². The predicted octanol–water partition coefficient (Wildman–Crippen LogP) is 1.13. The van der Waals surface area contributed by atoms with E-state index in [2.05, 4.69) is 10.3 Å². The molecule has 2 heterocycles. The summed E-state index contributed by atoms with van der Waals surface area (Å²) in [5.41, 5.74) is 0.451. The zero-order valence-corrected chi connectivity index (χ0v) is 15.5. The smallest absolute Gasteiger partial charge is 0.322 e. The number of methoxy groups -OCH3 is 2. The average Bonchev–Trinajstić information content (AvgIpc) is 2.99. The van der Waals surface area contributed by atoms with Crippen molar-refractivity contribution in [1.29, 1.82) is 0 Å². The van der Waals surface area contributed by atoms with Crippen molar-refractivity contribution in [2.24, 2.45) is 7.05 Å². The number of amides is 2. The maximum atomic E-state index is 12.5. The number of nitrogens with zero attached hydrogens (tertiary/aromatic N) is 3. The lowest BCUT2D eigenvalue weighted by Crippen LogP contribution is -2.58. The van der Waals surface area contributed by atoms with Gasteiger partial charge in [-0.3, -0.25) is 0 Å². The molecule has 9 nitrogen and oxygen atoms in total. The maximum Gasteiger partial charge on any atom is 0.322 e. The fourth-order valence-corrected chi connectivity index (χ4v) is 4.48. The molecule has 1 fully saturated rings. The van der Waals surface area contributed by atoms with E-state index in [9.17, 15) is 13.2 Å². The lowest BCUT2D eigenvalue weighted by atomic mass is 10.2. The first-order valence-electron chi connectivity index (χ1n) is 7.86. The van der Waals surface area contributed by atoms with Gasteiger partial charge in [0, 0.05) is 32.5 Å². The Morgan fingerprint density at radius 3 is 2.58 bits per heavy atom. The Labute approximate surface area is 151 Å². The number of rotatable bonds is 5. The molecule has 2 aromatic rings. The number of ether oxygens (including phenoxy) is 2. The Morgan fingerprint density at radius 1 is 1.27 bits per heavy atom. The molecular weight excluding hydrogens is 360 g/mol. The topological polar surface area (TPSA) is 103 Å². The minimum atomic E-state index is -3.57. The number of carbonyl (C=O) groups excluding carboxylic acids is 1. The maximum absolute atomic E-state index is 12.5. The van der Waals surface area contributed by atoms with E-state index in [4.69, 9.17) is 9.47 Å². The number of hydrogen-bond donors (Lipinski definition) is 1. The second kappa shape index (κ2) is 6.87. The number of hydrogen-bond acceptors (Lipinski definition) is 6. The molecule has 1 aliphatic heterocycles. The molecule has 10 heteroatoms. The van der Waals surface area contributed by atoms with Crippen LogP contribution in [0.1, 0.15) is 0 Å². The summed E-state index contributed by atoms with van der Waals surface area (Å²) >= 11 is 0. The Kier molecular flexibility index (Phi) is 4.77. The Hall–Kier alpha value is -2.75. The zero-order valence-electron chi connectivity index (χ0n) is 14.7. The van der Waals surface area contributed by atoms with Crippen molar-refractivity contribution in [3.63, 3.8) is 0 Å². The van der Waals surface area contributed by atoms with Crippen molar-refractivity contribution in [2.45, 2.75) is 10.4 Å². The van der Waals surface area contributed by atoms with E-state index in [1.807, 2.05) is 0 Å². The van der Waals surface area contributed by atoms with Gasteiger partial charge in [0.25, 0.3) is 0 Å². The van der Waals surface area contributed by atoms with Crippen molar-refractivity contribution in [1.82, 2.24) is 14.5 Å². The molecule has 0 bridgehead atoms. The van der Waals surface area contributed by atoms with E-state index < -0.39 is 21.1 Å². The van der Waals surface area contributed by atoms with Gasteiger partial charge < -0.3 is 24.3 Å². The van der Waals surface area contributed by atoms with Gasteiger partial charge in [0.05, 0.1) is 19.9 Å². The summed E-state index contributed by atoms with van der Waals surface area (Å²) < 4.78 is 37.0. The van der Waals surface area contributed by atoms with Gasteiger partial charge in [-0.1, -0.05) is 6.07 Å². The fraction of sp³-hybridized carbons (Fsp3) is 0.375. The quantitative estimate of drug-likeness (QED) is 0.834. The molecule has 140 valence electrons. The van der Waals surface area contributed by atoms with E-state index in [0.717, 1.165) is 0 Å². The number of nitrogens with one attached hydrogen (secondary N) is 1. The van der Waals surface area contributed by atoms with Gasteiger partial charge in [0.2, 0.25) is 15.0 Å². The number of urea groups is 1. The third-order valence-electron chi connectivity index (χ3n) is 4.25. The van der Waals surface area contributed by atoms with E-state index in [1.165, 1.54) is 29.9 Å². The van der Waals surface area contributed by atoms with Crippen LogP contribution in [0.15, 0.2) is 35.7 Å². The van der Waals surface area contributed by atoms with E-state index in [1.54, 1.807) is 31.4 Å².